The highest BCUT2D eigenvalue weighted by Gasteiger charge is 2.06. The zero-order chi connectivity index (χ0) is 9.84. The van der Waals surface area contributed by atoms with Gasteiger partial charge in [-0.15, -0.1) is 0 Å². The molecule has 0 atom stereocenters. The van der Waals surface area contributed by atoms with Crippen LogP contribution in [-0.4, -0.2) is 17.8 Å². The minimum atomic E-state index is -0.313. The molecule has 0 aliphatic heterocycles. The van der Waals surface area contributed by atoms with E-state index >= 15 is 0 Å². The largest absolute Gasteiger partial charge is 0.293 e. The SMILES string of the molecule is CSCC(=O)c1ccc(C)c(F)c1. The van der Waals surface area contributed by atoms with Crippen molar-refractivity contribution < 1.29 is 9.18 Å². The number of hydrogen-bond acceptors (Lipinski definition) is 2. The Bertz CT molecular complexity index is 323. The molecule has 0 spiro atoms. The lowest BCUT2D eigenvalue weighted by Crippen LogP contribution is -2.02. The maximum Gasteiger partial charge on any atom is 0.172 e. The van der Waals surface area contributed by atoms with E-state index in [1.54, 1.807) is 19.1 Å². The standard InChI is InChI=1S/C10H11FOS/c1-7-3-4-8(5-9(7)11)10(12)6-13-2/h3-5H,6H2,1-2H3. The van der Waals surface area contributed by atoms with Gasteiger partial charge in [-0.2, -0.15) is 11.8 Å². The van der Waals surface area contributed by atoms with Gasteiger partial charge in [-0.1, -0.05) is 12.1 Å². The molecule has 1 rings (SSSR count). The van der Waals surface area contributed by atoms with Crippen LogP contribution >= 0.6 is 11.8 Å². The molecule has 0 heterocycles. The highest BCUT2D eigenvalue weighted by Crippen LogP contribution is 2.11. The third-order valence-corrected chi connectivity index (χ3v) is 2.32. The van der Waals surface area contributed by atoms with Crippen molar-refractivity contribution >= 4 is 17.5 Å². The van der Waals surface area contributed by atoms with Gasteiger partial charge < -0.3 is 0 Å². The van der Waals surface area contributed by atoms with Gasteiger partial charge in [0.25, 0.3) is 0 Å². The van der Waals surface area contributed by atoms with Gasteiger partial charge in [0.05, 0.1) is 5.75 Å². The van der Waals surface area contributed by atoms with Gasteiger partial charge in [0.15, 0.2) is 5.78 Å². The van der Waals surface area contributed by atoms with Gasteiger partial charge in [0.1, 0.15) is 5.82 Å². The molecule has 0 fully saturated rings. The number of aryl methyl sites for hydroxylation is 1. The van der Waals surface area contributed by atoms with E-state index in [9.17, 15) is 9.18 Å². The van der Waals surface area contributed by atoms with Crippen molar-refractivity contribution in [2.75, 3.05) is 12.0 Å². The summed E-state index contributed by atoms with van der Waals surface area (Å²) < 4.78 is 13.0. The van der Waals surface area contributed by atoms with E-state index in [4.69, 9.17) is 0 Å². The van der Waals surface area contributed by atoms with Gasteiger partial charge >= 0.3 is 0 Å². The lowest BCUT2D eigenvalue weighted by molar-refractivity contribution is 0.102. The summed E-state index contributed by atoms with van der Waals surface area (Å²) in [6.45, 7) is 1.68. The summed E-state index contributed by atoms with van der Waals surface area (Å²) in [6.07, 6.45) is 1.85. The molecule has 1 aromatic rings. The number of benzene rings is 1. The highest BCUT2D eigenvalue weighted by molar-refractivity contribution is 7.99. The Hall–Kier alpha value is -0.830. The molecule has 0 radical (unpaired) electrons. The first-order valence-electron chi connectivity index (χ1n) is 3.93. The van der Waals surface area contributed by atoms with Crippen molar-refractivity contribution in [3.63, 3.8) is 0 Å². The van der Waals surface area contributed by atoms with Crippen LogP contribution in [0, 0.1) is 12.7 Å². The summed E-state index contributed by atoms with van der Waals surface area (Å²) in [5.74, 6) is 0.0704. The molecule has 3 heteroatoms. The van der Waals surface area contributed by atoms with E-state index in [1.165, 1.54) is 17.8 Å². The molecule has 0 amide bonds. The monoisotopic (exact) mass is 198 g/mol. The molecule has 0 saturated carbocycles. The normalized spacial score (nSPS) is 10.1. The van der Waals surface area contributed by atoms with Crippen LogP contribution < -0.4 is 0 Å². The van der Waals surface area contributed by atoms with E-state index in [2.05, 4.69) is 0 Å². The smallest absolute Gasteiger partial charge is 0.172 e. The number of Topliss-reactive ketones (excluding diaryl/α,β-unsaturated/α-hetero) is 1. The summed E-state index contributed by atoms with van der Waals surface area (Å²) in [6, 6.07) is 4.59. The predicted octanol–water partition coefficient (Wildman–Crippen LogP) is 2.68. The summed E-state index contributed by atoms with van der Waals surface area (Å²) in [5, 5.41) is 0. The van der Waals surface area contributed by atoms with Crippen LogP contribution in [0.4, 0.5) is 4.39 Å². The number of carbonyl (C=O) groups excluding carboxylic acids is 1. The molecule has 0 saturated heterocycles. The fourth-order valence-corrected chi connectivity index (χ4v) is 1.41. The van der Waals surface area contributed by atoms with Crippen LogP contribution in [0.5, 0.6) is 0 Å². The molecular formula is C10H11FOS. The van der Waals surface area contributed by atoms with E-state index in [0.717, 1.165) is 0 Å². The van der Waals surface area contributed by atoms with E-state index < -0.39 is 0 Å². The van der Waals surface area contributed by atoms with Gasteiger partial charge in [-0.25, -0.2) is 4.39 Å². The first kappa shape index (κ1) is 10.3. The van der Waals surface area contributed by atoms with E-state index in [0.29, 0.717) is 16.9 Å². The van der Waals surface area contributed by atoms with E-state index in [-0.39, 0.29) is 11.6 Å². The van der Waals surface area contributed by atoms with Gasteiger partial charge in [0.2, 0.25) is 0 Å². The van der Waals surface area contributed by atoms with Crippen molar-refractivity contribution in [1.29, 1.82) is 0 Å². The molecule has 0 bridgehead atoms. The summed E-state index contributed by atoms with van der Waals surface area (Å²) in [5.41, 5.74) is 1.03. The first-order valence-corrected chi connectivity index (χ1v) is 5.33. The van der Waals surface area contributed by atoms with Crippen LogP contribution in [0.2, 0.25) is 0 Å². The summed E-state index contributed by atoms with van der Waals surface area (Å²) >= 11 is 1.44. The summed E-state index contributed by atoms with van der Waals surface area (Å²) in [4.78, 5) is 11.3. The number of carbonyl (C=O) groups is 1. The van der Waals surface area contributed by atoms with Crippen LogP contribution in [0.25, 0.3) is 0 Å². The van der Waals surface area contributed by atoms with Crippen LogP contribution in [-0.2, 0) is 0 Å². The minimum absolute atomic E-state index is 0.0219. The van der Waals surface area contributed by atoms with Gasteiger partial charge in [-0.3, -0.25) is 4.79 Å². The Morgan fingerprint density at radius 2 is 2.23 bits per heavy atom. The third kappa shape index (κ3) is 2.56. The van der Waals surface area contributed by atoms with Gasteiger partial charge in [0, 0.05) is 5.56 Å². The fourth-order valence-electron chi connectivity index (χ4n) is 0.981. The van der Waals surface area contributed by atoms with Crippen molar-refractivity contribution in [3.8, 4) is 0 Å². The predicted molar refractivity (Wildman–Crippen MR) is 53.8 cm³/mol. The third-order valence-electron chi connectivity index (χ3n) is 1.77. The topological polar surface area (TPSA) is 17.1 Å². The summed E-state index contributed by atoms with van der Waals surface area (Å²) in [7, 11) is 0. The molecular weight excluding hydrogens is 187 g/mol. The highest BCUT2D eigenvalue weighted by atomic mass is 32.2. The fraction of sp³-hybridized carbons (Fsp3) is 0.300. The molecule has 0 aliphatic carbocycles. The minimum Gasteiger partial charge on any atom is -0.293 e. The Morgan fingerprint density at radius 3 is 2.77 bits per heavy atom. The zero-order valence-electron chi connectivity index (χ0n) is 7.63. The van der Waals surface area contributed by atoms with Crippen LogP contribution in [0.15, 0.2) is 18.2 Å². The number of thioether (sulfide) groups is 1. The van der Waals surface area contributed by atoms with Crippen molar-refractivity contribution in [1.82, 2.24) is 0 Å². The molecule has 1 nitrogen and oxygen atoms in total. The van der Waals surface area contributed by atoms with Crippen molar-refractivity contribution in [2.45, 2.75) is 6.92 Å². The molecule has 0 unspecified atom stereocenters. The molecule has 0 N–H and O–H groups in total. The van der Waals surface area contributed by atoms with Gasteiger partial charge in [-0.05, 0) is 24.8 Å². The quantitative estimate of drug-likeness (QED) is 0.694. The van der Waals surface area contributed by atoms with Crippen molar-refractivity contribution in [2.24, 2.45) is 0 Å². The van der Waals surface area contributed by atoms with Crippen molar-refractivity contribution in [3.05, 3.63) is 35.1 Å². The number of rotatable bonds is 3. The average Bonchev–Trinajstić information content (AvgIpc) is 2.10. The molecule has 0 aliphatic rings. The molecule has 13 heavy (non-hydrogen) atoms. The van der Waals surface area contributed by atoms with Crippen LogP contribution in [0.3, 0.4) is 0 Å². The Morgan fingerprint density at radius 1 is 1.54 bits per heavy atom. The second-order valence-electron chi connectivity index (χ2n) is 2.82. The Balaban J connectivity index is 2.90. The zero-order valence-corrected chi connectivity index (χ0v) is 8.45. The van der Waals surface area contributed by atoms with Crippen LogP contribution in [0.1, 0.15) is 15.9 Å². The molecule has 1 aromatic carbocycles. The first-order chi connectivity index (χ1) is 6.15. The lowest BCUT2D eigenvalue weighted by Gasteiger charge is -2.00. The number of ketones is 1. The molecule has 0 aromatic heterocycles. The maximum atomic E-state index is 13.0. The van der Waals surface area contributed by atoms with E-state index in [1.807, 2.05) is 6.26 Å². The maximum absolute atomic E-state index is 13.0. The average molecular weight is 198 g/mol. The second kappa shape index (κ2) is 4.42. The second-order valence-corrected chi connectivity index (χ2v) is 3.69. The number of hydrogen-bond donors (Lipinski definition) is 0. The molecule has 70 valence electrons. The number of halogens is 1. The Kier molecular flexibility index (Phi) is 3.48. The Labute approximate surface area is 81.3 Å². The lowest BCUT2D eigenvalue weighted by atomic mass is 10.1.